The van der Waals surface area contributed by atoms with Crippen molar-refractivity contribution in [1.82, 2.24) is 4.90 Å². The highest BCUT2D eigenvalue weighted by Gasteiger charge is 2.15. The van der Waals surface area contributed by atoms with Gasteiger partial charge in [-0.1, -0.05) is 18.6 Å². The van der Waals surface area contributed by atoms with E-state index in [2.05, 4.69) is 22.9 Å². The van der Waals surface area contributed by atoms with Gasteiger partial charge >= 0.3 is 0 Å². The smallest absolute Gasteiger partial charge is 0.254 e. The first-order valence-corrected chi connectivity index (χ1v) is 6.44. The van der Waals surface area contributed by atoms with Crippen LogP contribution in [0.4, 0.5) is 0 Å². The number of benzene rings is 1. The maximum absolute atomic E-state index is 12.2. The lowest BCUT2D eigenvalue weighted by Gasteiger charge is -2.20. The number of rotatable bonds is 4. The van der Waals surface area contributed by atoms with E-state index in [1.165, 1.54) is 0 Å². The van der Waals surface area contributed by atoms with Crippen molar-refractivity contribution in [2.45, 2.75) is 27.2 Å². The second-order valence-electron chi connectivity index (χ2n) is 3.87. The molecule has 3 heteroatoms. The molecule has 0 saturated heterocycles. The van der Waals surface area contributed by atoms with Gasteiger partial charge in [0, 0.05) is 17.6 Å². The number of nitrogens with zero attached hydrogens (tertiary/aromatic N) is 1. The monoisotopic (exact) mass is 283 g/mol. The molecule has 0 fully saturated rings. The highest BCUT2D eigenvalue weighted by molar-refractivity contribution is 9.10. The summed E-state index contributed by atoms with van der Waals surface area (Å²) in [6.07, 6.45) is 0.989. The molecular formula is C13H18BrNO. The maximum Gasteiger partial charge on any atom is 0.254 e. The van der Waals surface area contributed by atoms with Crippen molar-refractivity contribution in [2.24, 2.45) is 0 Å². The zero-order chi connectivity index (χ0) is 12.1. The molecule has 88 valence electrons. The van der Waals surface area contributed by atoms with Gasteiger partial charge in [0.05, 0.1) is 5.56 Å². The van der Waals surface area contributed by atoms with Gasteiger partial charge < -0.3 is 4.90 Å². The van der Waals surface area contributed by atoms with Gasteiger partial charge in [0.1, 0.15) is 0 Å². The van der Waals surface area contributed by atoms with Crippen molar-refractivity contribution in [1.29, 1.82) is 0 Å². The van der Waals surface area contributed by atoms with Crippen LogP contribution in [0.1, 0.15) is 36.2 Å². The molecule has 0 radical (unpaired) electrons. The lowest BCUT2D eigenvalue weighted by atomic mass is 10.1. The van der Waals surface area contributed by atoms with Crippen LogP contribution in [0.15, 0.2) is 22.7 Å². The summed E-state index contributed by atoms with van der Waals surface area (Å²) in [5.41, 5.74) is 1.87. The number of halogens is 1. The Kier molecular flexibility index (Phi) is 5.00. The van der Waals surface area contributed by atoms with E-state index in [1.807, 2.05) is 36.9 Å². The number of hydrogen-bond donors (Lipinski definition) is 0. The summed E-state index contributed by atoms with van der Waals surface area (Å²) >= 11 is 3.43. The Hall–Kier alpha value is -0.830. The molecule has 0 aliphatic rings. The number of carbonyl (C=O) groups is 1. The molecule has 0 aliphatic carbocycles. The van der Waals surface area contributed by atoms with Gasteiger partial charge in [-0.3, -0.25) is 4.79 Å². The summed E-state index contributed by atoms with van der Waals surface area (Å²) in [7, 11) is 0. The molecule has 2 nitrogen and oxygen atoms in total. The van der Waals surface area contributed by atoms with Gasteiger partial charge in [-0.15, -0.1) is 0 Å². The van der Waals surface area contributed by atoms with Crippen molar-refractivity contribution in [3.8, 4) is 0 Å². The Labute approximate surface area is 106 Å². The van der Waals surface area contributed by atoms with Crippen molar-refractivity contribution in [3.05, 3.63) is 33.8 Å². The minimum absolute atomic E-state index is 0.111. The van der Waals surface area contributed by atoms with Crippen molar-refractivity contribution in [3.63, 3.8) is 0 Å². The molecule has 0 atom stereocenters. The summed E-state index contributed by atoms with van der Waals surface area (Å²) < 4.78 is 0.873. The lowest BCUT2D eigenvalue weighted by Crippen LogP contribution is -2.31. The average molecular weight is 284 g/mol. The first-order valence-electron chi connectivity index (χ1n) is 5.65. The quantitative estimate of drug-likeness (QED) is 0.826. The molecule has 1 rings (SSSR count). The van der Waals surface area contributed by atoms with Crippen LogP contribution in [-0.2, 0) is 0 Å². The Bertz CT molecular complexity index is 376. The minimum atomic E-state index is 0.111. The van der Waals surface area contributed by atoms with E-state index >= 15 is 0 Å². The van der Waals surface area contributed by atoms with Crippen LogP contribution in [-0.4, -0.2) is 23.9 Å². The number of carbonyl (C=O) groups excluding carboxylic acids is 1. The SMILES string of the molecule is CCCN(CC)C(=O)c1cc(C)ccc1Br. The summed E-state index contributed by atoms with van der Waals surface area (Å²) in [6.45, 7) is 7.67. The predicted octanol–water partition coefficient (Wildman–Crippen LogP) is 3.63. The fraction of sp³-hybridized carbons (Fsp3) is 0.462. The molecule has 0 bridgehead atoms. The second-order valence-corrected chi connectivity index (χ2v) is 4.72. The first-order chi connectivity index (χ1) is 7.60. The molecule has 0 aliphatic heterocycles. The third-order valence-electron chi connectivity index (χ3n) is 2.51. The van der Waals surface area contributed by atoms with Gasteiger partial charge in [0.2, 0.25) is 0 Å². The van der Waals surface area contributed by atoms with E-state index in [1.54, 1.807) is 0 Å². The third kappa shape index (κ3) is 3.08. The molecule has 0 heterocycles. The molecule has 1 amide bonds. The average Bonchev–Trinajstić information content (AvgIpc) is 2.28. The van der Waals surface area contributed by atoms with E-state index in [0.29, 0.717) is 0 Å². The zero-order valence-corrected chi connectivity index (χ0v) is 11.7. The third-order valence-corrected chi connectivity index (χ3v) is 3.21. The van der Waals surface area contributed by atoms with Crippen LogP contribution in [0, 0.1) is 6.92 Å². The van der Waals surface area contributed by atoms with Gasteiger partial charge in [0.25, 0.3) is 5.91 Å². The van der Waals surface area contributed by atoms with Crippen LogP contribution in [0.5, 0.6) is 0 Å². The Morgan fingerprint density at radius 2 is 2.06 bits per heavy atom. The van der Waals surface area contributed by atoms with Gasteiger partial charge in [0.15, 0.2) is 0 Å². The predicted molar refractivity (Wildman–Crippen MR) is 70.7 cm³/mol. The second kappa shape index (κ2) is 6.04. The van der Waals surface area contributed by atoms with Crippen molar-refractivity contribution in [2.75, 3.05) is 13.1 Å². The highest BCUT2D eigenvalue weighted by atomic mass is 79.9. The van der Waals surface area contributed by atoms with Crippen LogP contribution in [0.2, 0.25) is 0 Å². The molecule has 0 aromatic heterocycles. The first kappa shape index (κ1) is 13.2. The standard InChI is InChI=1S/C13H18BrNO/c1-4-8-15(5-2)13(16)11-9-10(3)6-7-12(11)14/h6-7,9H,4-5,8H2,1-3H3. The summed E-state index contributed by atoms with van der Waals surface area (Å²) in [5.74, 6) is 0.111. The molecule has 0 saturated carbocycles. The fourth-order valence-electron chi connectivity index (χ4n) is 1.65. The molecule has 1 aromatic carbocycles. The van der Waals surface area contributed by atoms with E-state index in [4.69, 9.17) is 0 Å². The summed E-state index contributed by atoms with van der Waals surface area (Å²) in [6, 6.07) is 5.87. The maximum atomic E-state index is 12.2. The van der Waals surface area contributed by atoms with Gasteiger partial charge in [-0.2, -0.15) is 0 Å². The Morgan fingerprint density at radius 1 is 1.38 bits per heavy atom. The molecule has 16 heavy (non-hydrogen) atoms. The normalized spacial score (nSPS) is 10.2. The molecular weight excluding hydrogens is 266 g/mol. The van der Waals surface area contributed by atoms with E-state index in [0.717, 1.165) is 35.1 Å². The molecule has 0 N–H and O–H groups in total. The Balaban J connectivity index is 2.98. The topological polar surface area (TPSA) is 20.3 Å². The largest absolute Gasteiger partial charge is 0.339 e. The van der Waals surface area contributed by atoms with Gasteiger partial charge in [-0.25, -0.2) is 0 Å². The van der Waals surface area contributed by atoms with Crippen molar-refractivity contribution < 1.29 is 4.79 Å². The van der Waals surface area contributed by atoms with E-state index < -0.39 is 0 Å². The number of hydrogen-bond acceptors (Lipinski definition) is 1. The number of amides is 1. The summed E-state index contributed by atoms with van der Waals surface area (Å²) in [5, 5.41) is 0. The van der Waals surface area contributed by atoms with Crippen molar-refractivity contribution >= 4 is 21.8 Å². The van der Waals surface area contributed by atoms with Crippen LogP contribution < -0.4 is 0 Å². The fourth-order valence-corrected chi connectivity index (χ4v) is 2.06. The van der Waals surface area contributed by atoms with Crippen LogP contribution in [0.3, 0.4) is 0 Å². The number of aryl methyl sites for hydroxylation is 1. The zero-order valence-electron chi connectivity index (χ0n) is 10.1. The van der Waals surface area contributed by atoms with Gasteiger partial charge in [-0.05, 0) is 48.3 Å². The minimum Gasteiger partial charge on any atom is -0.339 e. The van der Waals surface area contributed by atoms with E-state index in [-0.39, 0.29) is 5.91 Å². The van der Waals surface area contributed by atoms with Crippen LogP contribution >= 0.6 is 15.9 Å². The highest BCUT2D eigenvalue weighted by Crippen LogP contribution is 2.20. The summed E-state index contributed by atoms with van der Waals surface area (Å²) in [4.78, 5) is 14.1. The van der Waals surface area contributed by atoms with E-state index in [9.17, 15) is 4.79 Å². The molecule has 0 spiro atoms. The molecule has 0 unspecified atom stereocenters. The lowest BCUT2D eigenvalue weighted by molar-refractivity contribution is 0.0763. The van der Waals surface area contributed by atoms with Crippen LogP contribution in [0.25, 0.3) is 0 Å². The Morgan fingerprint density at radius 3 is 2.62 bits per heavy atom. The molecule has 1 aromatic rings.